The average Bonchev–Trinajstić information content (AvgIpc) is 2.05. The van der Waals surface area contributed by atoms with Gasteiger partial charge in [-0.2, -0.15) is 0 Å². The lowest BCUT2D eigenvalue weighted by molar-refractivity contribution is 0.570. The van der Waals surface area contributed by atoms with E-state index in [9.17, 15) is 4.21 Å². The fourth-order valence-electron chi connectivity index (χ4n) is 1.39. The molecule has 0 radical (unpaired) electrons. The molecule has 0 rings (SSSR count). The Morgan fingerprint density at radius 2 is 1.92 bits per heavy atom. The van der Waals surface area contributed by atoms with E-state index in [4.69, 9.17) is 5.73 Å². The van der Waals surface area contributed by atoms with Crippen molar-refractivity contribution in [1.82, 2.24) is 0 Å². The Labute approximate surface area is 84.7 Å². The van der Waals surface area contributed by atoms with Crippen LogP contribution in [0.2, 0.25) is 0 Å². The van der Waals surface area contributed by atoms with Gasteiger partial charge in [-0.3, -0.25) is 4.21 Å². The van der Waals surface area contributed by atoms with Crippen LogP contribution in [0.3, 0.4) is 0 Å². The van der Waals surface area contributed by atoms with Gasteiger partial charge in [0.2, 0.25) is 0 Å². The maximum Gasteiger partial charge on any atom is 0.0331 e. The number of rotatable bonds is 7. The molecule has 0 aromatic heterocycles. The molecule has 2 N–H and O–H groups in total. The number of nitrogens with two attached hydrogens (primary N) is 1. The summed E-state index contributed by atoms with van der Waals surface area (Å²) in [5, 5.41) is 0.268. The zero-order chi connectivity index (χ0) is 10.3. The third-order valence-corrected chi connectivity index (χ3v) is 4.28. The summed E-state index contributed by atoms with van der Waals surface area (Å²) in [5.74, 6) is 1.43. The van der Waals surface area contributed by atoms with Crippen LogP contribution < -0.4 is 5.73 Å². The summed E-state index contributed by atoms with van der Waals surface area (Å²) in [5.41, 5.74) is 5.42. The van der Waals surface area contributed by atoms with E-state index in [2.05, 4.69) is 13.8 Å². The van der Waals surface area contributed by atoms with E-state index in [1.807, 2.05) is 6.92 Å². The van der Waals surface area contributed by atoms with Gasteiger partial charge >= 0.3 is 0 Å². The van der Waals surface area contributed by atoms with E-state index in [0.29, 0.717) is 12.5 Å². The Morgan fingerprint density at radius 3 is 2.38 bits per heavy atom. The normalized spacial score (nSPS) is 18.2. The smallest absolute Gasteiger partial charge is 0.0331 e. The van der Waals surface area contributed by atoms with Crippen molar-refractivity contribution in [2.45, 2.75) is 45.3 Å². The minimum Gasteiger partial charge on any atom is -0.330 e. The van der Waals surface area contributed by atoms with Crippen molar-refractivity contribution in [1.29, 1.82) is 0 Å². The molecule has 0 aromatic rings. The zero-order valence-corrected chi connectivity index (χ0v) is 9.90. The SMILES string of the molecule is CCCC(C)CS(=O)C(C)CCN. The lowest BCUT2D eigenvalue weighted by Crippen LogP contribution is -2.21. The van der Waals surface area contributed by atoms with Gasteiger partial charge in [0.15, 0.2) is 0 Å². The quantitative estimate of drug-likeness (QED) is 0.690. The van der Waals surface area contributed by atoms with Gasteiger partial charge in [-0.1, -0.05) is 33.6 Å². The molecule has 0 aliphatic carbocycles. The lowest BCUT2D eigenvalue weighted by atomic mass is 10.1. The van der Waals surface area contributed by atoms with Crippen molar-refractivity contribution in [3.05, 3.63) is 0 Å². The molecule has 3 heteroatoms. The summed E-state index contributed by atoms with van der Waals surface area (Å²) in [4.78, 5) is 0. The molecule has 0 bridgehead atoms. The van der Waals surface area contributed by atoms with Crippen molar-refractivity contribution in [3.63, 3.8) is 0 Å². The van der Waals surface area contributed by atoms with Crippen LogP contribution in [0.25, 0.3) is 0 Å². The van der Waals surface area contributed by atoms with Gasteiger partial charge in [0.1, 0.15) is 0 Å². The molecule has 0 amide bonds. The average molecular weight is 205 g/mol. The molecule has 0 aromatic carbocycles. The predicted molar refractivity (Wildman–Crippen MR) is 60.2 cm³/mol. The molecule has 80 valence electrons. The van der Waals surface area contributed by atoms with E-state index >= 15 is 0 Å². The van der Waals surface area contributed by atoms with Crippen molar-refractivity contribution in [3.8, 4) is 0 Å². The summed E-state index contributed by atoms with van der Waals surface area (Å²) in [6.45, 7) is 7.02. The lowest BCUT2D eigenvalue weighted by Gasteiger charge is -2.14. The summed E-state index contributed by atoms with van der Waals surface area (Å²) in [7, 11) is -0.676. The Hall–Kier alpha value is 0.110. The maximum absolute atomic E-state index is 11.7. The van der Waals surface area contributed by atoms with Crippen LogP contribution in [-0.4, -0.2) is 21.8 Å². The molecule has 0 saturated carbocycles. The molecule has 0 spiro atoms. The highest BCUT2D eigenvalue weighted by molar-refractivity contribution is 7.85. The molecule has 0 heterocycles. The fraction of sp³-hybridized carbons (Fsp3) is 1.00. The molecule has 0 fully saturated rings. The highest BCUT2D eigenvalue weighted by atomic mass is 32.2. The van der Waals surface area contributed by atoms with E-state index in [0.717, 1.165) is 12.2 Å². The van der Waals surface area contributed by atoms with E-state index in [-0.39, 0.29) is 5.25 Å². The van der Waals surface area contributed by atoms with Gasteiger partial charge in [-0.15, -0.1) is 0 Å². The molecule has 3 atom stereocenters. The molecule has 0 saturated heterocycles. The summed E-state index contributed by atoms with van der Waals surface area (Å²) in [6, 6.07) is 0. The van der Waals surface area contributed by atoms with Crippen molar-refractivity contribution in [2.75, 3.05) is 12.3 Å². The van der Waals surface area contributed by atoms with Gasteiger partial charge in [0.05, 0.1) is 0 Å². The topological polar surface area (TPSA) is 43.1 Å². The molecule has 2 nitrogen and oxygen atoms in total. The van der Waals surface area contributed by atoms with E-state index in [1.165, 1.54) is 12.8 Å². The molecule has 3 unspecified atom stereocenters. The maximum atomic E-state index is 11.7. The summed E-state index contributed by atoms with van der Waals surface area (Å²) in [6.07, 6.45) is 3.25. The summed E-state index contributed by atoms with van der Waals surface area (Å²) >= 11 is 0. The van der Waals surface area contributed by atoms with Crippen molar-refractivity contribution < 1.29 is 4.21 Å². The van der Waals surface area contributed by atoms with Gasteiger partial charge in [-0.05, 0) is 18.9 Å². The first-order valence-electron chi connectivity index (χ1n) is 5.19. The number of hydrogen-bond donors (Lipinski definition) is 1. The van der Waals surface area contributed by atoms with Crippen molar-refractivity contribution >= 4 is 10.8 Å². The molecule has 0 aliphatic heterocycles. The first kappa shape index (κ1) is 13.1. The molecular weight excluding hydrogens is 182 g/mol. The van der Waals surface area contributed by atoms with Gasteiger partial charge in [-0.25, -0.2) is 0 Å². The van der Waals surface area contributed by atoms with Crippen LogP contribution in [0.4, 0.5) is 0 Å². The first-order valence-corrected chi connectivity index (χ1v) is 6.57. The van der Waals surface area contributed by atoms with Crippen LogP contribution in [-0.2, 0) is 10.8 Å². The predicted octanol–water partition coefficient (Wildman–Crippen LogP) is 1.91. The fourth-order valence-corrected chi connectivity index (χ4v) is 2.84. The minimum atomic E-state index is -0.676. The van der Waals surface area contributed by atoms with Crippen LogP contribution >= 0.6 is 0 Å². The monoisotopic (exact) mass is 205 g/mol. The second kappa shape index (κ2) is 7.51. The van der Waals surface area contributed by atoms with Crippen LogP contribution in [0.15, 0.2) is 0 Å². The second-order valence-electron chi connectivity index (χ2n) is 3.83. The molecule has 0 aliphatic rings. The Kier molecular flexibility index (Phi) is 7.57. The molecule has 13 heavy (non-hydrogen) atoms. The minimum absolute atomic E-state index is 0.268. The highest BCUT2D eigenvalue weighted by Crippen LogP contribution is 2.10. The van der Waals surface area contributed by atoms with Crippen LogP contribution in [0, 0.1) is 5.92 Å². The van der Waals surface area contributed by atoms with Crippen molar-refractivity contribution in [2.24, 2.45) is 11.7 Å². The van der Waals surface area contributed by atoms with E-state index < -0.39 is 10.8 Å². The number of hydrogen-bond acceptors (Lipinski definition) is 2. The van der Waals surface area contributed by atoms with Crippen LogP contribution in [0.5, 0.6) is 0 Å². The second-order valence-corrected chi connectivity index (χ2v) is 5.73. The highest BCUT2D eigenvalue weighted by Gasteiger charge is 2.13. The van der Waals surface area contributed by atoms with Gasteiger partial charge < -0.3 is 5.73 Å². The first-order chi connectivity index (χ1) is 6.11. The van der Waals surface area contributed by atoms with Gasteiger partial charge in [0, 0.05) is 21.8 Å². The third-order valence-electron chi connectivity index (χ3n) is 2.25. The summed E-state index contributed by atoms with van der Waals surface area (Å²) < 4.78 is 11.7. The van der Waals surface area contributed by atoms with Crippen LogP contribution in [0.1, 0.15) is 40.0 Å². The standard InChI is InChI=1S/C10H23NOS/c1-4-5-9(2)8-13(12)10(3)6-7-11/h9-10H,4-8,11H2,1-3H3. The Bertz CT molecular complexity index is 150. The van der Waals surface area contributed by atoms with E-state index in [1.54, 1.807) is 0 Å². The Balaban J connectivity index is 3.71. The molecular formula is C10H23NOS. The third kappa shape index (κ3) is 6.22. The zero-order valence-electron chi connectivity index (χ0n) is 9.08. The largest absolute Gasteiger partial charge is 0.330 e. The van der Waals surface area contributed by atoms with Gasteiger partial charge in [0.25, 0.3) is 0 Å². The Morgan fingerprint density at radius 1 is 1.31 bits per heavy atom.